The smallest absolute Gasteiger partial charge is 0.234 e. The number of halogens is 2. The molecule has 26 heavy (non-hydrogen) atoms. The molecule has 0 saturated heterocycles. The summed E-state index contributed by atoms with van der Waals surface area (Å²) in [6.45, 7) is 0. The zero-order valence-electron chi connectivity index (χ0n) is 13.2. The second kappa shape index (κ2) is 7.34. The molecular weight excluding hydrogens is 482 g/mol. The van der Waals surface area contributed by atoms with Crippen LogP contribution in [0.3, 0.4) is 0 Å². The number of nitrogens with one attached hydrogen (secondary N) is 2. The highest BCUT2D eigenvalue weighted by Gasteiger charge is 2.11. The Bertz CT molecular complexity index is 1130. The Morgan fingerprint density at radius 1 is 1.15 bits per heavy atom. The van der Waals surface area contributed by atoms with E-state index in [4.69, 9.17) is 0 Å². The van der Waals surface area contributed by atoms with Crippen LogP contribution in [0.1, 0.15) is 0 Å². The van der Waals surface area contributed by atoms with Crippen LogP contribution in [0, 0.1) is 0 Å². The monoisotopic (exact) mass is 491 g/mol. The van der Waals surface area contributed by atoms with Crippen molar-refractivity contribution in [1.82, 2.24) is 20.2 Å². The fraction of sp³-hybridized carbons (Fsp3) is 0.0588. The summed E-state index contributed by atoms with van der Waals surface area (Å²) < 4.78 is 1.71. The van der Waals surface area contributed by atoms with Crippen LogP contribution in [0.4, 0.5) is 5.69 Å². The first kappa shape index (κ1) is 17.4. The third-order valence-electron chi connectivity index (χ3n) is 3.64. The number of hydrogen-bond donors (Lipinski definition) is 2. The zero-order valence-corrected chi connectivity index (χ0v) is 17.2. The molecule has 4 aromatic rings. The van der Waals surface area contributed by atoms with Gasteiger partial charge in [-0.25, -0.2) is 4.98 Å². The standard InChI is InChI=1S/C17H11Br2N5OS/c18-9-5-6-11(19)13(7-9)20-14(25)8-26-17-22-16-15(23-24-17)10-3-1-2-4-12(10)21-16/h1-7H,8H2,(H,20,25)(H,21,22,24). The van der Waals surface area contributed by atoms with Crippen molar-refractivity contribution in [2.45, 2.75) is 5.16 Å². The molecule has 2 aromatic heterocycles. The molecule has 0 aliphatic rings. The molecule has 0 bridgehead atoms. The molecular formula is C17H11Br2N5OS. The Morgan fingerprint density at radius 3 is 2.88 bits per heavy atom. The van der Waals surface area contributed by atoms with Crippen molar-refractivity contribution >= 4 is 77.3 Å². The molecule has 0 saturated carbocycles. The van der Waals surface area contributed by atoms with Gasteiger partial charge in [0.1, 0.15) is 5.52 Å². The molecule has 2 heterocycles. The van der Waals surface area contributed by atoms with Crippen LogP contribution in [0.25, 0.3) is 22.1 Å². The molecule has 0 aliphatic carbocycles. The molecule has 0 aliphatic heterocycles. The van der Waals surface area contributed by atoms with Crippen LogP contribution in [0.5, 0.6) is 0 Å². The Labute approximate surface area is 169 Å². The van der Waals surface area contributed by atoms with Crippen LogP contribution in [-0.2, 0) is 4.79 Å². The van der Waals surface area contributed by atoms with Crippen molar-refractivity contribution in [3.63, 3.8) is 0 Å². The maximum atomic E-state index is 12.2. The predicted octanol–water partition coefficient (Wildman–Crippen LogP) is 4.76. The quantitative estimate of drug-likeness (QED) is 0.401. The highest BCUT2D eigenvalue weighted by atomic mass is 79.9. The van der Waals surface area contributed by atoms with Crippen LogP contribution in [0.15, 0.2) is 56.6 Å². The van der Waals surface area contributed by atoms with Crippen molar-refractivity contribution in [3.8, 4) is 0 Å². The van der Waals surface area contributed by atoms with E-state index in [9.17, 15) is 4.79 Å². The summed E-state index contributed by atoms with van der Waals surface area (Å²) in [4.78, 5) is 19.9. The largest absolute Gasteiger partial charge is 0.338 e. The van der Waals surface area contributed by atoms with Gasteiger partial charge in [-0.05, 0) is 40.2 Å². The van der Waals surface area contributed by atoms with Gasteiger partial charge in [-0.3, -0.25) is 4.79 Å². The van der Waals surface area contributed by atoms with E-state index >= 15 is 0 Å². The number of carbonyl (C=O) groups is 1. The van der Waals surface area contributed by atoms with Gasteiger partial charge in [0, 0.05) is 19.8 Å². The highest BCUT2D eigenvalue weighted by Crippen LogP contribution is 2.27. The molecule has 4 rings (SSSR count). The number of aromatic nitrogens is 4. The maximum absolute atomic E-state index is 12.2. The SMILES string of the molecule is O=C(CSc1nnc2c(n1)[nH]c1ccccc12)Nc1cc(Br)ccc1Br. The van der Waals surface area contributed by atoms with Gasteiger partial charge in [-0.2, -0.15) is 0 Å². The molecule has 0 unspecified atom stereocenters. The van der Waals surface area contributed by atoms with Gasteiger partial charge in [-0.1, -0.05) is 45.9 Å². The molecule has 9 heteroatoms. The number of carbonyl (C=O) groups excluding carboxylic acids is 1. The average molecular weight is 493 g/mol. The highest BCUT2D eigenvalue weighted by molar-refractivity contribution is 9.11. The minimum absolute atomic E-state index is 0.144. The van der Waals surface area contributed by atoms with Gasteiger partial charge < -0.3 is 10.3 Å². The van der Waals surface area contributed by atoms with Gasteiger partial charge in [0.25, 0.3) is 0 Å². The van der Waals surface area contributed by atoms with Crippen molar-refractivity contribution in [3.05, 3.63) is 51.4 Å². The maximum Gasteiger partial charge on any atom is 0.234 e. The van der Waals surface area contributed by atoms with E-state index in [-0.39, 0.29) is 11.7 Å². The van der Waals surface area contributed by atoms with Crippen LogP contribution in [-0.4, -0.2) is 31.8 Å². The van der Waals surface area contributed by atoms with Crippen LogP contribution >= 0.6 is 43.6 Å². The Morgan fingerprint density at radius 2 is 2.00 bits per heavy atom. The molecule has 0 spiro atoms. The minimum atomic E-state index is -0.144. The topological polar surface area (TPSA) is 83.6 Å². The number of thioether (sulfide) groups is 1. The average Bonchev–Trinajstić information content (AvgIpc) is 3.01. The number of benzene rings is 2. The first-order valence-electron chi connectivity index (χ1n) is 7.59. The number of H-pyrrole nitrogens is 1. The van der Waals surface area contributed by atoms with E-state index in [0.717, 1.165) is 25.4 Å². The summed E-state index contributed by atoms with van der Waals surface area (Å²) >= 11 is 8.05. The fourth-order valence-electron chi connectivity index (χ4n) is 2.48. The third-order valence-corrected chi connectivity index (χ3v) is 5.66. The predicted molar refractivity (Wildman–Crippen MR) is 110 cm³/mol. The summed E-state index contributed by atoms with van der Waals surface area (Å²) in [5.74, 6) is 0.0426. The molecule has 2 aromatic carbocycles. The number of aromatic amines is 1. The molecule has 6 nitrogen and oxygen atoms in total. The van der Waals surface area contributed by atoms with Crippen molar-refractivity contribution in [1.29, 1.82) is 0 Å². The third kappa shape index (κ3) is 3.60. The van der Waals surface area contributed by atoms with Crippen molar-refractivity contribution in [2.75, 3.05) is 11.1 Å². The Balaban J connectivity index is 1.48. The van der Waals surface area contributed by atoms with Crippen LogP contribution in [0.2, 0.25) is 0 Å². The number of para-hydroxylation sites is 1. The van der Waals surface area contributed by atoms with Gasteiger partial charge in [0.05, 0.1) is 11.4 Å². The number of fused-ring (bicyclic) bond motifs is 3. The lowest BCUT2D eigenvalue weighted by Crippen LogP contribution is -2.14. The molecule has 0 radical (unpaired) electrons. The van der Waals surface area contributed by atoms with E-state index in [2.05, 4.69) is 57.3 Å². The second-order valence-electron chi connectivity index (χ2n) is 5.42. The lowest BCUT2D eigenvalue weighted by atomic mass is 10.2. The molecule has 0 fully saturated rings. The van der Waals surface area contributed by atoms with Gasteiger partial charge >= 0.3 is 0 Å². The summed E-state index contributed by atoms with van der Waals surface area (Å²) in [7, 11) is 0. The molecule has 2 N–H and O–H groups in total. The number of amides is 1. The first-order valence-corrected chi connectivity index (χ1v) is 10.2. The second-order valence-corrected chi connectivity index (χ2v) is 8.14. The zero-order chi connectivity index (χ0) is 18.1. The molecule has 130 valence electrons. The number of hydrogen-bond acceptors (Lipinski definition) is 5. The molecule has 0 atom stereocenters. The Kier molecular flexibility index (Phi) is 4.92. The lowest BCUT2D eigenvalue weighted by Gasteiger charge is -2.07. The minimum Gasteiger partial charge on any atom is -0.338 e. The number of rotatable bonds is 4. The fourth-order valence-corrected chi connectivity index (χ4v) is 3.77. The normalized spacial score (nSPS) is 11.2. The van der Waals surface area contributed by atoms with Crippen LogP contribution < -0.4 is 5.32 Å². The summed E-state index contributed by atoms with van der Waals surface area (Å²) in [6.07, 6.45) is 0. The van der Waals surface area contributed by atoms with E-state index in [1.807, 2.05) is 42.5 Å². The summed E-state index contributed by atoms with van der Waals surface area (Å²) in [5, 5.41) is 12.7. The lowest BCUT2D eigenvalue weighted by molar-refractivity contribution is -0.113. The van der Waals surface area contributed by atoms with Gasteiger partial charge in [-0.15, -0.1) is 10.2 Å². The van der Waals surface area contributed by atoms with E-state index in [0.29, 0.717) is 16.5 Å². The number of nitrogens with zero attached hydrogens (tertiary/aromatic N) is 3. The number of anilines is 1. The molecule has 1 amide bonds. The van der Waals surface area contributed by atoms with Gasteiger partial charge in [0.15, 0.2) is 5.65 Å². The first-order chi connectivity index (χ1) is 12.6. The summed E-state index contributed by atoms with van der Waals surface area (Å²) in [6, 6.07) is 13.4. The Hall–Kier alpha value is -1.97. The van der Waals surface area contributed by atoms with Gasteiger partial charge in [0.2, 0.25) is 11.1 Å². The summed E-state index contributed by atoms with van der Waals surface area (Å²) in [5.41, 5.74) is 3.06. The van der Waals surface area contributed by atoms with E-state index in [1.54, 1.807) is 0 Å². The van der Waals surface area contributed by atoms with E-state index < -0.39 is 0 Å². The van der Waals surface area contributed by atoms with Crippen molar-refractivity contribution < 1.29 is 4.79 Å². The van der Waals surface area contributed by atoms with Crippen molar-refractivity contribution in [2.24, 2.45) is 0 Å². The van der Waals surface area contributed by atoms with E-state index in [1.165, 1.54) is 11.8 Å².